The fraction of sp³-hybridized carbons (Fsp3) is 0.375. The number of ether oxygens (including phenoxy) is 1. The number of esters is 1. The third-order valence-corrected chi connectivity index (χ3v) is 3.85. The summed E-state index contributed by atoms with van der Waals surface area (Å²) in [5.41, 5.74) is 0.958. The number of piperidine rings is 1. The van der Waals surface area contributed by atoms with Gasteiger partial charge in [0.25, 0.3) is 0 Å². The number of hydrogen-bond acceptors (Lipinski definition) is 4. The number of hydrogen-bond donors (Lipinski definition) is 0. The Morgan fingerprint density at radius 1 is 1.25 bits per heavy atom. The Morgan fingerprint density at radius 3 is 2.95 bits per heavy atom. The first-order chi connectivity index (χ1) is 9.79. The van der Waals surface area contributed by atoms with Crippen LogP contribution < -0.4 is 4.90 Å². The van der Waals surface area contributed by atoms with Crippen molar-refractivity contribution in [3.8, 4) is 0 Å². The molecule has 3 rings (SSSR count). The van der Waals surface area contributed by atoms with E-state index in [1.165, 1.54) is 7.11 Å². The van der Waals surface area contributed by atoms with Gasteiger partial charge < -0.3 is 9.64 Å². The number of aromatic nitrogens is 1. The molecule has 1 atom stereocenters. The second-order valence-corrected chi connectivity index (χ2v) is 5.09. The number of anilines is 1. The van der Waals surface area contributed by atoms with E-state index in [2.05, 4.69) is 16.0 Å². The predicted molar refractivity (Wildman–Crippen MR) is 78.7 cm³/mol. The van der Waals surface area contributed by atoms with Crippen molar-refractivity contribution < 1.29 is 9.53 Å². The molecule has 1 saturated heterocycles. The molecule has 4 nitrogen and oxygen atoms in total. The van der Waals surface area contributed by atoms with Crippen molar-refractivity contribution in [1.82, 2.24) is 4.98 Å². The van der Waals surface area contributed by atoms with Crippen LogP contribution in [0.1, 0.15) is 19.3 Å². The van der Waals surface area contributed by atoms with Crippen LogP contribution in [0.3, 0.4) is 0 Å². The first-order valence-corrected chi connectivity index (χ1v) is 7.00. The average molecular weight is 270 g/mol. The average Bonchev–Trinajstić information content (AvgIpc) is 2.53. The van der Waals surface area contributed by atoms with E-state index >= 15 is 0 Å². The highest BCUT2D eigenvalue weighted by Crippen LogP contribution is 2.25. The summed E-state index contributed by atoms with van der Waals surface area (Å²) in [6.45, 7) is 0.852. The standard InChI is InChI=1S/C16H18N2O2/c1-20-16(19)14-8-4-5-11-18(14)15-10-9-12-6-2-3-7-13(12)17-15/h2-3,6-7,9-10,14H,4-5,8,11H2,1H3. The first-order valence-electron chi connectivity index (χ1n) is 7.00. The molecule has 0 N–H and O–H groups in total. The topological polar surface area (TPSA) is 42.4 Å². The van der Waals surface area contributed by atoms with Crippen LogP contribution in [0.25, 0.3) is 10.9 Å². The smallest absolute Gasteiger partial charge is 0.328 e. The highest BCUT2D eigenvalue weighted by molar-refractivity contribution is 5.83. The molecule has 0 amide bonds. The van der Waals surface area contributed by atoms with E-state index in [9.17, 15) is 4.79 Å². The molecule has 1 unspecified atom stereocenters. The maximum atomic E-state index is 11.9. The summed E-state index contributed by atoms with van der Waals surface area (Å²) in [5, 5.41) is 1.11. The van der Waals surface area contributed by atoms with Gasteiger partial charge in [-0.05, 0) is 37.5 Å². The molecular formula is C16H18N2O2. The van der Waals surface area contributed by atoms with Crippen LogP contribution in [0.2, 0.25) is 0 Å². The van der Waals surface area contributed by atoms with E-state index in [-0.39, 0.29) is 12.0 Å². The van der Waals surface area contributed by atoms with Gasteiger partial charge in [-0.2, -0.15) is 0 Å². The molecular weight excluding hydrogens is 252 g/mol. The minimum atomic E-state index is -0.206. The fourth-order valence-electron chi connectivity index (χ4n) is 2.80. The quantitative estimate of drug-likeness (QED) is 0.787. The van der Waals surface area contributed by atoms with E-state index < -0.39 is 0 Å². The molecule has 1 aliphatic heterocycles. The molecule has 0 spiro atoms. The zero-order valence-corrected chi connectivity index (χ0v) is 11.6. The number of benzene rings is 1. The Labute approximate surface area is 118 Å². The van der Waals surface area contributed by atoms with Crippen molar-refractivity contribution in [3.05, 3.63) is 36.4 Å². The molecule has 1 aromatic heterocycles. The van der Waals surface area contributed by atoms with Gasteiger partial charge in [0.15, 0.2) is 0 Å². The first kappa shape index (κ1) is 12.9. The van der Waals surface area contributed by atoms with E-state index in [4.69, 9.17) is 4.74 Å². The molecule has 2 heterocycles. The van der Waals surface area contributed by atoms with Crippen LogP contribution in [-0.4, -0.2) is 30.6 Å². The molecule has 1 fully saturated rings. The summed E-state index contributed by atoms with van der Waals surface area (Å²) >= 11 is 0. The molecule has 4 heteroatoms. The number of methoxy groups -OCH3 is 1. The van der Waals surface area contributed by atoms with Crippen molar-refractivity contribution >= 4 is 22.7 Å². The number of rotatable bonds is 2. The zero-order valence-electron chi connectivity index (χ0n) is 11.6. The Bertz CT molecular complexity index is 627. The van der Waals surface area contributed by atoms with Gasteiger partial charge in [-0.3, -0.25) is 0 Å². The van der Waals surface area contributed by atoms with E-state index in [1.807, 2.05) is 30.3 Å². The Balaban J connectivity index is 1.96. The molecule has 1 aromatic carbocycles. The molecule has 20 heavy (non-hydrogen) atoms. The van der Waals surface area contributed by atoms with Crippen molar-refractivity contribution in [2.24, 2.45) is 0 Å². The number of carbonyl (C=O) groups excluding carboxylic acids is 1. The second kappa shape index (κ2) is 5.49. The lowest BCUT2D eigenvalue weighted by molar-refractivity contribution is -0.142. The third-order valence-electron chi connectivity index (χ3n) is 3.85. The lowest BCUT2D eigenvalue weighted by atomic mass is 10.0. The lowest BCUT2D eigenvalue weighted by Crippen LogP contribution is -2.45. The van der Waals surface area contributed by atoms with Gasteiger partial charge in [0.1, 0.15) is 11.9 Å². The Kier molecular flexibility index (Phi) is 3.54. The third kappa shape index (κ3) is 2.33. The zero-order chi connectivity index (χ0) is 13.9. The minimum absolute atomic E-state index is 0.167. The maximum absolute atomic E-state index is 11.9. The minimum Gasteiger partial charge on any atom is -0.467 e. The largest absolute Gasteiger partial charge is 0.467 e. The van der Waals surface area contributed by atoms with Gasteiger partial charge in [-0.25, -0.2) is 9.78 Å². The summed E-state index contributed by atoms with van der Waals surface area (Å²) in [6, 6.07) is 11.9. The van der Waals surface area contributed by atoms with E-state index in [1.54, 1.807) is 0 Å². The van der Waals surface area contributed by atoms with Gasteiger partial charge in [-0.15, -0.1) is 0 Å². The van der Waals surface area contributed by atoms with Gasteiger partial charge >= 0.3 is 5.97 Å². The highest BCUT2D eigenvalue weighted by atomic mass is 16.5. The molecule has 0 aliphatic carbocycles. The molecule has 1 aliphatic rings. The summed E-state index contributed by atoms with van der Waals surface area (Å²) in [7, 11) is 1.45. The Hall–Kier alpha value is -2.10. The molecule has 2 aromatic rings. The molecule has 0 bridgehead atoms. The highest BCUT2D eigenvalue weighted by Gasteiger charge is 2.30. The number of para-hydroxylation sites is 1. The summed E-state index contributed by atoms with van der Waals surface area (Å²) < 4.78 is 4.92. The van der Waals surface area contributed by atoms with Crippen LogP contribution in [0.4, 0.5) is 5.82 Å². The molecule has 104 valence electrons. The monoisotopic (exact) mass is 270 g/mol. The van der Waals surface area contributed by atoms with Gasteiger partial charge in [0.2, 0.25) is 0 Å². The van der Waals surface area contributed by atoms with Gasteiger partial charge in [0, 0.05) is 11.9 Å². The number of pyridine rings is 1. The van der Waals surface area contributed by atoms with E-state index in [0.717, 1.165) is 42.5 Å². The Morgan fingerprint density at radius 2 is 2.10 bits per heavy atom. The van der Waals surface area contributed by atoms with Crippen molar-refractivity contribution in [3.63, 3.8) is 0 Å². The molecule has 0 saturated carbocycles. The summed E-state index contributed by atoms with van der Waals surface area (Å²) in [6.07, 6.45) is 2.98. The van der Waals surface area contributed by atoms with Crippen molar-refractivity contribution in [1.29, 1.82) is 0 Å². The molecule has 0 radical (unpaired) electrons. The van der Waals surface area contributed by atoms with Crippen molar-refractivity contribution in [2.45, 2.75) is 25.3 Å². The van der Waals surface area contributed by atoms with Crippen LogP contribution >= 0.6 is 0 Å². The predicted octanol–water partition coefficient (Wildman–Crippen LogP) is 2.77. The van der Waals surface area contributed by atoms with Gasteiger partial charge in [-0.1, -0.05) is 18.2 Å². The summed E-state index contributed by atoms with van der Waals surface area (Å²) in [5.74, 6) is 0.693. The van der Waals surface area contributed by atoms with E-state index in [0.29, 0.717) is 0 Å². The van der Waals surface area contributed by atoms with Crippen LogP contribution in [0, 0.1) is 0 Å². The van der Waals surface area contributed by atoms with Crippen LogP contribution in [-0.2, 0) is 9.53 Å². The van der Waals surface area contributed by atoms with Crippen LogP contribution in [0.15, 0.2) is 36.4 Å². The number of fused-ring (bicyclic) bond motifs is 1. The van der Waals surface area contributed by atoms with Crippen molar-refractivity contribution in [2.75, 3.05) is 18.6 Å². The maximum Gasteiger partial charge on any atom is 0.328 e. The summed E-state index contributed by atoms with van der Waals surface area (Å²) in [4.78, 5) is 18.7. The number of nitrogens with zero attached hydrogens (tertiary/aromatic N) is 2. The second-order valence-electron chi connectivity index (χ2n) is 5.09. The van der Waals surface area contributed by atoms with Gasteiger partial charge in [0.05, 0.1) is 12.6 Å². The van der Waals surface area contributed by atoms with Crippen LogP contribution in [0.5, 0.6) is 0 Å². The fourth-order valence-corrected chi connectivity index (χ4v) is 2.80. The number of carbonyl (C=O) groups is 1. The SMILES string of the molecule is COC(=O)C1CCCCN1c1ccc2ccccc2n1. The lowest BCUT2D eigenvalue weighted by Gasteiger charge is -2.34. The normalized spacial score (nSPS) is 19.1.